The van der Waals surface area contributed by atoms with Gasteiger partial charge in [0.25, 0.3) is 5.56 Å². The summed E-state index contributed by atoms with van der Waals surface area (Å²) < 4.78 is 2.10. The summed E-state index contributed by atoms with van der Waals surface area (Å²) in [5.74, 6) is 2.32. The largest absolute Gasteiger partial charge is 0.292 e. The van der Waals surface area contributed by atoms with E-state index < -0.39 is 0 Å². The quantitative estimate of drug-likeness (QED) is 0.240. The number of benzene rings is 5. The fourth-order valence-corrected chi connectivity index (χ4v) is 5.55. The highest BCUT2D eigenvalue weighted by Crippen LogP contribution is 2.34. The number of hydrogen-bond acceptors (Lipinski definition) is 5. The first-order valence-electron chi connectivity index (χ1n) is 13.4. The molecule has 0 bridgehead atoms. The van der Waals surface area contributed by atoms with Gasteiger partial charge in [-0.3, -0.25) is 9.20 Å². The van der Waals surface area contributed by atoms with Gasteiger partial charge in [-0.2, -0.15) is 4.98 Å². The maximum atomic E-state index is 13.3. The molecule has 0 fully saturated rings. The van der Waals surface area contributed by atoms with Gasteiger partial charge in [-0.05, 0) is 18.2 Å². The molecule has 6 nitrogen and oxygen atoms in total. The van der Waals surface area contributed by atoms with Crippen molar-refractivity contribution in [1.29, 1.82) is 0 Å². The molecule has 0 saturated heterocycles. The highest BCUT2D eigenvalue weighted by Gasteiger charge is 2.19. The maximum Gasteiger partial charge on any atom is 0.281 e. The topological polar surface area (TPSA) is 73.0 Å². The molecule has 8 rings (SSSR count). The Morgan fingerprint density at radius 3 is 1.66 bits per heavy atom. The summed E-state index contributed by atoms with van der Waals surface area (Å²) in [4.78, 5) is 32.4. The molecule has 0 aliphatic carbocycles. The molecule has 6 heteroatoms. The van der Waals surface area contributed by atoms with E-state index in [0.717, 1.165) is 44.1 Å². The molecule has 0 radical (unpaired) electrons. The van der Waals surface area contributed by atoms with Crippen LogP contribution in [0.4, 0.5) is 0 Å². The van der Waals surface area contributed by atoms with Crippen LogP contribution in [0.5, 0.6) is 0 Å². The summed E-state index contributed by atoms with van der Waals surface area (Å²) in [7, 11) is 0. The molecule has 3 heterocycles. The van der Waals surface area contributed by atoms with Crippen molar-refractivity contribution in [3.63, 3.8) is 0 Å². The zero-order chi connectivity index (χ0) is 27.3. The molecule has 0 spiro atoms. The van der Waals surface area contributed by atoms with Crippen molar-refractivity contribution >= 4 is 27.2 Å². The lowest BCUT2D eigenvalue weighted by Crippen LogP contribution is -2.12. The molecular weight excluding hydrogens is 506 g/mol. The summed E-state index contributed by atoms with van der Waals surface area (Å²) >= 11 is 0. The lowest BCUT2D eigenvalue weighted by molar-refractivity contribution is 1.07. The minimum atomic E-state index is -0.246. The van der Waals surface area contributed by atoms with Crippen LogP contribution in [-0.4, -0.2) is 24.3 Å². The Bertz CT molecular complexity index is 2220. The number of aromatic nitrogens is 5. The van der Waals surface area contributed by atoms with Crippen LogP contribution in [0.3, 0.4) is 0 Å². The van der Waals surface area contributed by atoms with Crippen molar-refractivity contribution in [2.75, 3.05) is 0 Å². The van der Waals surface area contributed by atoms with Crippen LogP contribution in [0.25, 0.3) is 72.7 Å². The van der Waals surface area contributed by atoms with Gasteiger partial charge in [0.15, 0.2) is 17.5 Å². The molecule has 0 unspecified atom stereocenters. The number of rotatable bonds is 4. The molecule has 8 aromatic rings. The monoisotopic (exact) mass is 527 g/mol. The highest BCUT2D eigenvalue weighted by molar-refractivity contribution is 6.14. The van der Waals surface area contributed by atoms with E-state index in [1.165, 1.54) is 0 Å². The van der Waals surface area contributed by atoms with Gasteiger partial charge in [-0.25, -0.2) is 15.0 Å². The van der Waals surface area contributed by atoms with E-state index in [0.29, 0.717) is 28.7 Å². The van der Waals surface area contributed by atoms with Crippen molar-refractivity contribution < 1.29 is 0 Å². The van der Waals surface area contributed by atoms with Gasteiger partial charge < -0.3 is 0 Å². The number of hydrogen-bond donors (Lipinski definition) is 0. The lowest BCUT2D eigenvalue weighted by atomic mass is 10.1. The first kappa shape index (κ1) is 23.2. The summed E-state index contributed by atoms with van der Waals surface area (Å²) in [6.07, 6.45) is 0. The second-order valence-corrected chi connectivity index (χ2v) is 9.91. The first-order chi connectivity index (χ1) is 20.2. The van der Waals surface area contributed by atoms with Crippen LogP contribution in [0.2, 0.25) is 0 Å². The van der Waals surface area contributed by atoms with E-state index in [1.54, 1.807) is 0 Å². The Balaban J connectivity index is 1.36. The molecule has 41 heavy (non-hydrogen) atoms. The van der Waals surface area contributed by atoms with E-state index in [-0.39, 0.29) is 5.56 Å². The van der Waals surface area contributed by atoms with Gasteiger partial charge in [0, 0.05) is 33.0 Å². The van der Waals surface area contributed by atoms with E-state index in [2.05, 4.69) is 27.6 Å². The van der Waals surface area contributed by atoms with Crippen LogP contribution >= 0.6 is 0 Å². The smallest absolute Gasteiger partial charge is 0.281 e. The Labute approximate surface area is 234 Å². The third-order valence-corrected chi connectivity index (χ3v) is 7.42. The fourth-order valence-electron chi connectivity index (χ4n) is 5.55. The molecule has 3 aromatic heterocycles. The zero-order valence-corrected chi connectivity index (χ0v) is 21.8. The molecule has 5 aromatic carbocycles. The minimum absolute atomic E-state index is 0.246. The van der Waals surface area contributed by atoms with Crippen LogP contribution in [0.1, 0.15) is 0 Å². The van der Waals surface area contributed by atoms with E-state index in [4.69, 9.17) is 15.0 Å². The molecule has 0 aliphatic heterocycles. The van der Waals surface area contributed by atoms with Crippen LogP contribution in [0, 0.1) is 0 Å². The average Bonchev–Trinajstić information content (AvgIpc) is 3.39. The molecule has 0 saturated carbocycles. The zero-order valence-electron chi connectivity index (χ0n) is 21.8. The van der Waals surface area contributed by atoms with Crippen LogP contribution < -0.4 is 5.56 Å². The number of para-hydroxylation sites is 2. The molecule has 0 N–H and O–H groups in total. The second-order valence-electron chi connectivity index (χ2n) is 9.91. The Hall–Kier alpha value is -5.75. The van der Waals surface area contributed by atoms with Gasteiger partial charge in [0.05, 0.1) is 16.4 Å². The SMILES string of the molecule is O=c1nc(-c2cccc(-c3nc(-c4ccccc4)nc(-c4ccccc4)n3)c2)n2c3ccccc3c3cccc1c32. The van der Waals surface area contributed by atoms with Gasteiger partial charge in [-0.15, -0.1) is 0 Å². The van der Waals surface area contributed by atoms with Gasteiger partial charge >= 0.3 is 0 Å². The van der Waals surface area contributed by atoms with Gasteiger partial charge in [0.2, 0.25) is 0 Å². The molecule has 0 atom stereocenters. The third-order valence-electron chi connectivity index (χ3n) is 7.42. The molecule has 0 amide bonds. The van der Waals surface area contributed by atoms with E-state index >= 15 is 0 Å². The van der Waals surface area contributed by atoms with Crippen LogP contribution in [-0.2, 0) is 0 Å². The maximum absolute atomic E-state index is 13.3. The fraction of sp³-hybridized carbons (Fsp3) is 0. The first-order valence-corrected chi connectivity index (χ1v) is 13.4. The average molecular weight is 528 g/mol. The number of fused-ring (bicyclic) bond motifs is 3. The van der Waals surface area contributed by atoms with Crippen molar-refractivity contribution in [3.8, 4) is 45.6 Å². The summed E-state index contributed by atoms with van der Waals surface area (Å²) in [5, 5.41) is 2.73. The normalized spacial score (nSPS) is 11.5. The van der Waals surface area contributed by atoms with Gasteiger partial charge in [-0.1, -0.05) is 109 Å². The second kappa shape index (κ2) is 9.17. The van der Waals surface area contributed by atoms with Crippen molar-refractivity contribution in [2.24, 2.45) is 0 Å². The summed E-state index contributed by atoms with van der Waals surface area (Å²) in [5.41, 5.74) is 5.06. The van der Waals surface area contributed by atoms with E-state index in [1.807, 2.05) is 109 Å². The van der Waals surface area contributed by atoms with Crippen LogP contribution in [0.15, 0.2) is 132 Å². The predicted octanol–water partition coefficient (Wildman–Crippen LogP) is 7.29. The third kappa shape index (κ3) is 3.77. The molecule has 192 valence electrons. The number of nitrogens with zero attached hydrogens (tertiary/aromatic N) is 5. The molecule has 0 aliphatic rings. The summed E-state index contributed by atoms with van der Waals surface area (Å²) in [6, 6.07) is 41.7. The van der Waals surface area contributed by atoms with E-state index in [9.17, 15) is 4.79 Å². The van der Waals surface area contributed by atoms with Gasteiger partial charge in [0.1, 0.15) is 5.82 Å². The Morgan fingerprint density at radius 1 is 0.439 bits per heavy atom. The highest BCUT2D eigenvalue weighted by atomic mass is 16.1. The Morgan fingerprint density at radius 2 is 0.951 bits per heavy atom. The van der Waals surface area contributed by atoms with Crippen molar-refractivity contribution in [3.05, 3.63) is 138 Å². The summed E-state index contributed by atoms with van der Waals surface area (Å²) in [6.45, 7) is 0. The van der Waals surface area contributed by atoms with Crippen molar-refractivity contribution in [1.82, 2.24) is 24.3 Å². The van der Waals surface area contributed by atoms with Crippen molar-refractivity contribution in [2.45, 2.75) is 0 Å². The minimum Gasteiger partial charge on any atom is -0.292 e. The predicted molar refractivity (Wildman–Crippen MR) is 163 cm³/mol. The lowest BCUT2D eigenvalue weighted by Gasteiger charge is -2.11. The molecular formula is C35H21N5O. The Kier molecular flexibility index (Phi) is 5.18. The standard InChI is InChI=1S/C35H21N5O/c41-35-28-19-10-18-27-26-17-7-8-20-29(26)40(30(27)28)34(39-35)25-16-9-15-24(21-25)33-37-31(22-11-3-1-4-12-22)36-32(38-33)23-13-5-2-6-14-23/h1-21H.